The monoisotopic (exact) mass is 277 g/mol. The van der Waals surface area contributed by atoms with E-state index in [9.17, 15) is 0 Å². The summed E-state index contributed by atoms with van der Waals surface area (Å²) in [6.07, 6.45) is 0.187. The third kappa shape index (κ3) is 3.24. The lowest BCUT2D eigenvalue weighted by Gasteiger charge is -2.09. The minimum Gasteiger partial charge on any atom is -0.495 e. The number of nitrogens with two attached hydrogens (primary N) is 1. The summed E-state index contributed by atoms with van der Waals surface area (Å²) in [6.45, 7) is 5.13. The number of methoxy groups -OCH3 is 1. The van der Waals surface area contributed by atoms with Crippen molar-refractivity contribution >= 4 is 5.69 Å². The fourth-order valence-corrected chi connectivity index (χ4v) is 1.79. The molecule has 108 valence electrons. The van der Waals surface area contributed by atoms with Gasteiger partial charge in [0.1, 0.15) is 5.75 Å². The van der Waals surface area contributed by atoms with Gasteiger partial charge in [0.25, 0.3) is 0 Å². The predicted octanol–water partition coefficient (Wildman–Crippen LogP) is 1.36. The molecule has 20 heavy (non-hydrogen) atoms. The van der Waals surface area contributed by atoms with Crippen LogP contribution in [0.15, 0.2) is 18.2 Å². The van der Waals surface area contributed by atoms with Crippen LogP contribution >= 0.6 is 0 Å². The fraction of sp³-hybridized carbons (Fsp3) is 0.462. The standard InChI is InChI=1S/C13H19N5O2/c1-9(2)20-7-6-18-13(15-16-17-18)10-4-5-11(14)12(8-10)19-3/h4-5,8-9H,6-7,14H2,1-3H3. The molecule has 0 spiro atoms. The first-order valence-corrected chi connectivity index (χ1v) is 6.43. The highest BCUT2D eigenvalue weighted by Gasteiger charge is 2.11. The molecule has 2 N–H and O–H groups in total. The molecular weight excluding hydrogens is 258 g/mol. The molecule has 0 saturated carbocycles. The lowest BCUT2D eigenvalue weighted by atomic mass is 10.2. The SMILES string of the molecule is COc1cc(-c2nnnn2CCOC(C)C)ccc1N. The van der Waals surface area contributed by atoms with Crippen molar-refractivity contribution in [3.63, 3.8) is 0 Å². The second-order valence-electron chi connectivity index (χ2n) is 4.60. The second kappa shape index (κ2) is 6.33. The molecule has 0 aliphatic carbocycles. The number of benzene rings is 1. The van der Waals surface area contributed by atoms with Crippen LogP contribution in [0.1, 0.15) is 13.8 Å². The zero-order valence-corrected chi connectivity index (χ0v) is 11.9. The van der Waals surface area contributed by atoms with Crippen LogP contribution in [0.5, 0.6) is 5.75 Å². The van der Waals surface area contributed by atoms with Crippen LogP contribution in [0.2, 0.25) is 0 Å². The number of tetrazole rings is 1. The number of aromatic nitrogens is 4. The highest BCUT2D eigenvalue weighted by molar-refractivity contribution is 5.65. The maximum absolute atomic E-state index is 5.80. The summed E-state index contributed by atoms with van der Waals surface area (Å²) in [7, 11) is 1.58. The van der Waals surface area contributed by atoms with E-state index in [2.05, 4.69) is 15.5 Å². The summed E-state index contributed by atoms with van der Waals surface area (Å²) >= 11 is 0. The minimum atomic E-state index is 0.187. The van der Waals surface area contributed by atoms with Crippen LogP contribution in [0.4, 0.5) is 5.69 Å². The molecular formula is C13H19N5O2. The lowest BCUT2D eigenvalue weighted by molar-refractivity contribution is 0.0709. The Kier molecular flexibility index (Phi) is 4.52. The van der Waals surface area contributed by atoms with Gasteiger partial charge >= 0.3 is 0 Å². The zero-order valence-electron chi connectivity index (χ0n) is 11.9. The van der Waals surface area contributed by atoms with Gasteiger partial charge in [-0.3, -0.25) is 0 Å². The zero-order chi connectivity index (χ0) is 14.5. The Bertz CT molecular complexity index is 568. The van der Waals surface area contributed by atoms with Crippen molar-refractivity contribution in [2.24, 2.45) is 0 Å². The lowest BCUT2D eigenvalue weighted by Crippen LogP contribution is -2.12. The molecule has 2 rings (SSSR count). The molecule has 0 unspecified atom stereocenters. The van der Waals surface area contributed by atoms with Crippen molar-refractivity contribution in [1.29, 1.82) is 0 Å². The largest absolute Gasteiger partial charge is 0.495 e. The third-order valence-corrected chi connectivity index (χ3v) is 2.78. The maximum atomic E-state index is 5.80. The topological polar surface area (TPSA) is 88.1 Å². The smallest absolute Gasteiger partial charge is 0.182 e. The van der Waals surface area contributed by atoms with Crippen LogP contribution in [-0.2, 0) is 11.3 Å². The van der Waals surface area contributed by atoms with E-state index in [1.54, 1.807) is 17.9 Å². The number of hydrogen-bond acceptors (Lipinski definition) is 6. The van der Waals surface area contributed by atoms with Gasteiger partial charge in [0, 0.05) is 5.56 Å². The van der Waals surface area contributed by atoms with E-state index in [1.165, 1.54) is 0 Å². The van der Waals surface area contributed by atoms with Gasteiger partial charge in [-0.25, -0.2) is 4.68 Å². The van der Waals surface area contributed by atoms with Gasteiger partial charge in [-0.05, 0) is 42.5 Å². The van der Waals surface area contributed by atoms with E-state index >= 15 is 0 Å². The van der Waals surface area contributed by atoms with Crippen LogP contribution in [0, 0.1) is 0 Å². The Balaban J connectivity index is 2.19. The predicted molar refractivity (Wildman–Crippen MR) is 75.3 cm³/mol. The average molecular weight is 277 g/mol. The summed E-state index contributed by atoms with van der Waals surface area (Å²) in [5.74, 6) is 1.27. The van der Waals surface area contributed by atoms with Crippen molar-refractivity contribution in [2.45, 2.75) is 26.5 Å². The quantitative estimate of drug-likeness (QED) is 0.802. The van der Waals surface area contributed by atoms with Gasteiger partial charge in [-0.15, -0.1) is 5.10 Å². The number of hydrogen-bond donors (Lipinski definition) is 1. The normalized spacial score (nSPS) is 11.0. The first-order valence-electron chi connectivity index (χ1n) is 6.43. The van der Waals surface area contributed by atoms with Crippen molar-refractivity contribution in [2.75, 3.05) is 19.5 Å². The van der Waals surface area contributed by atoms with Crippen molar-refractivity contribution in [3.05, 3.63) is 18.2 Å². The minimum absolute atomic E-state index is 0.187. The molecule has 1 heterocycles. The molecule has 7 heteroatoms. The summed E-state index contributed by atoms with van der Waals surface area (Å²) in [5.41, 5.74) is 7.24. The molecule has 1 aromatic carbocycles. The van der Waals surface area contributed by atoms with Gasteiger partial charge in [0.15, 0.2) is 5.82 Å². The van der Waals surface area contributed by atoms with Crippen molar-refractivity contribution in [1.82, 2.24) is 20.2 Å². The molecule has 0 bridgehead atoms. The fourth-order valence-electron chi connectivity index (χ4n) is 1.79. The van der Waals surface area contributed by atoms with Gasteiger partial charge in [0.05, 0.1) is 32.1 Å². The molecule has 0 fully saturated rings. The van der Waals surface area contributed by atoms with Crippen LogP contribution in [0.25, 0.3) is 11.4 Å². The number of anilines is 1. The number of ether oxygens (including phenoxy) is 2. The summed E-state index contributed by atoms with van der Waals surface area (Å²) in [4.78, 5) is 0. The first kappa shape index (κ1) is 14.3. The first-order chi connectivity index (χ1) is 9.61. The number of nitrogen functional groups attached to an aromatic ring is 1. The molecule has 0 amide bonds. The molecule has 0 saturated heterocycles. The van der Waals surface area contributed by atoms with E-state index in [0.717, 1.165) is 5.56 Å². The van der Waals surface area contributed by atoms with Crippen LogP contribution < -0.4 is 10.5 Å². The van der Waals surface area contributed by atoms with E-state index in [1.807, 2.05) is 26.0 Å². The summed E-state index contributed by atoms with van der Waals surface area (Å²) in [5, 5.41) is 11.7. The Morgan fingerprint density at radius 2 is 2.15 bits per heavy atom. The van der Waals surface area contributed by atoms with E-state index in [-0.39, 0.29) is 6.10 Å². The van der Waals surface area contributed by atoms with E-state index in [4.69, 9.17) is 15.2 Å². The molecule has 0 radical (unpaired) electrons. The molecule has 0 aliphatic heterocycles. The highest BCUT2D eigenvalue weighted by atomic mass is 16.5. The maximum Gasteiger partial charge on any atom is 0.182 e. The summed E-state index contributed by atoms with van der Waals surface area (Å²) < 4.78 is 12.4. The molecule has 1 aromatic heterocycles. The number of rotatable bonds is 6. The van der Waals surface area contributed by atoms with Gasteiger partial charge in [-0.1, -0.05) is 0 Å². The van der Waals surface area contributed by atoms with Crippen LogP contribution in [-0.4, -0.2) is 40.0 Å². The Morgan fingerprint density at radius 3 is 2.85 bits per heavy atom. The Hall–Kier alpha value is -2.15. The van der Waals surface area contributed by atoms with Gasteiger partial charge in [-0.2, -0.15) is 0 Å². The van der Waals surface area contributed by atoms with Gasteiger partial charge < -0.3 is 15.2 Å². The molecule has 0 atom stereocenters. The summed E-state index contributed by atoms with van der Waals surface area (Å²) in [6, 6.07) is 5.46. The van der Waals surface area contributed by atoms with Crippen molar-refractivity contribution < 1.29 is 9.47 Å². The third-order valence-electron chi connectivity index (χ3n) is 2.78. The van der Waals surface area contributed by atoms with Crippen molar-refractivity contribution in [3.8, 4) is 17.1 Å². The van der Waals surface area contributed by atoms with E-state index < -0.39 is 0 Å². The van der Waals surface area contributed by atoms with E-state index in [0.29, 0.717) is 30.4 Å². The average Bonchev–Trinajstić information content (AvgIpc) is 2.87. The number of nitrogens with zero attached hydrogens (tertiary/aromatic N) is 4. The molecule has 2 aromatic rings. The highest BCUT2D eigenvalue weighted by Crippen LogP contribution is 2.27. The van der Waals surface area contributed by atoms with Crippen LogP contribution in [0.3, 0.4) is 0 Å². The molecule has 7 nitrogen and oxygen atoms in total. The van der Waals surface area contributed by atoms with Gasteiger partial charge in [0.2, 0.25) is 0 Å². The molecule has 0 aliphatic rings. The Morgan fingerprint density at radius 1 is 1.35 bits per heavy atom. The Labute approximate surface area is 117 Å². The second-order valence-corrected chi connectivity index (χ2v) is 4.60.